The first-order chi connectivity index (χ1) is 7.52. The van der Waals surface area contributed by atoms with Gasteiger partial charge < -0.3 is 20.3 Å². The molecule has 1 fully saturated rings. The zero-order valence-electron chi connectivity index (χ0n) is 10.0. The van der Waals surface area contributed by atoms with Crippen LogP contribution in [-0.4, -0.2) is 41.7 Å². The van der Waals surface area contributed by atoms with E-state index in [0.29, 0.717) is 6.61 Å². The molecule has 0 unspecified atom stereocenters. The van der Waals surface area contributed by atoms with Gasteiger partial charge >= 0.3 is 6.09 Å². The van der Waals surface area contributed by atoms with Crippen molar-refractivity contribution in [1.29, 1.82) is 0 Å². The largest absolute Gasteiger partial charge is 0.450 e. The van der Waals surface area contributed by atoms with Crippen LogP contribution in [0.4, 0.5) is 4.79 Å². The molecule has 1 rings (SSSR count). The van der Waals surface area contributed by atoms with E-state index in [2.05, 4.69) is 5.32 Å². The first kappa shape index (κ1) is 13.3. The van der Waals surface area contributed by atoms with Crippen molar-refractivity contribution in [3.63, 3.8) is 0 Å². The van der Waals surface area contributed by atoms with Crippen LogP contribution in [0.5, 0.6) is 0 Å². The van der Waals surface area contributed by atoms with Gasteiger partial charge in [0.05, 0.1) is 18.8 Å². The molecule has 0 aromatic heterocycles. The van der Waals surface area contributed by atoms with E-state index in [1.165, 1.54) is 0 Å². The average molecular weight is 231 g/mol. The fraction of sp³-hybridized carbons (Fsp3) is 0.909. The van der Waals surface area contributed by atoms with E-state index in [-0.39, 0.29) is 30.4 Å². The number of carbonyl (C=O) groups excluding carboxylic acids is 1. The monoisotopic (exact) mass is 231 g/mol. The summed E-state index contributed by atoms with van der Waals surface area (Å²) in [7, 11) is 0. The first-order valence-corrected chi connectivity index (χ1v) is 5.75. The molecule has 0 saturated heterocycles. The van der Waals surface area contributed by atoms with Crippen molar-refractivity contribution in [2.24, 2.45) is 17.8 Å². The third kappa shape index (κ3) is 2.47. The second kappa shape index (κ2) is 5.50. The average Bonchev–Trinajstić information content (AvgIpc) is 2.43. The Balaban J connectivity index is 2.63. The summed E-state index contributed by atoms with van der Waals surface area (Å²) in [6, 6.07) is -0.341. The normalized spacial score (nSPS) is 38.4. The minimum atomic E-state index is -0.709. The second-order valence-corrected chi connectivity index (χ2v) is 4.45. The maximum Gasteiger partial charge on any atom is 0.407 e. The SMILES string of the molecule is CCOC(=O)N[C@@H]1[C@@H](C)[C@H](C)[C@@H](CO)[C@@H]1O. The Bertz CT molecular complexity index is 246. The molecule has 0 bridgehead atoms. The van der Waals surface area contributed by atoms with Crippen molar-refractivity contribution < 1.29 is 19.7 Å². The summed E-state index contributed by atoms with van der Waals surface area (Å²) in [6.45, 7) is 5.91. The quantitative estimate of drug-likeness (QED) is 0.655. The molecule has 1 amide bonds. The Labute approximate surface area is 95.8 Å². The Kier molecular flexibility index (Phi) is 4.56. The van der Waals surface area contributed by atoms with E-state index in [9.17, 15) is 15.0 Å². The van der Waals surface area contributed by atoms with E-state index < -0.39 is 12.2 Å². The van der Waals surface area contributed by atoms with Crippen molar-refractivity contribution in [3.05, 3.63) is 0 Å². The molecule has 0 aliphatic heterocycles. The number of alkyl carbamates (subject to hydrolysis) is 1. The van der Waals surface area contributed by atoms with Crippen molar-refractivity contribution in [2.45, 2.75) is 32.9 Å². The fourth-order valence-electron chi connectivity index (χ4n) is 2.41. The molecule has 16 heavy (non-hydrogen) atoms. The van der Waals surface area contributed by atoms with Crippen molar-refractivity contribution in [1.82, 2.24) is 5.32 Å². The number of amides is 1. The number of aliphatic hydroxyl groups excluding tert-OH is 2. The minimum absolute atomic E-state index is 0.0618. The van der Waals surface area contributed by atoms with Gasteiger partial charge in [-0.2, -0.15) is 0 Å². The first-order valence-electron chi connectivity index (χ1n) is 5.75. The number of hydrogen-bond acceptors (Lipinski definition) is 4. The molecule has 0 spiro atoms. The standard InChI is InChI=1S/C11H21NO4/c1-4-16-11(15)12-9-7(3)6(2)8(5-13)10(9)14/h6-10,13-14H,4-5H2,1-3H3,(H,12,15)/t6-,7-,8+,9+,10-/m0/s1. The zero-order chi connectivity index (χ0) is 12.3. The second-order valence-electron chi connectivity index (χ2n) is 4.45. The maximum absolute atomic E-state index is 11.3. The van der Waals surface area contributed by atoms with E-state index in [0.717, 1.165) is 0 Å². The molecular weight excluding hydrogens is 210 g/mol. The smallest absolute Gasteiger partial charge is 0.407 e. The summed E-state index contributed by atoms with van der Waals surface area (Å²) < 4.78 is 4.78. The number of rotatable bonds is 3. The van der Waals surface area contributed by atoms with E-state index in [1.54, 1.807) is 6.92 Å². The molecule has 0 aromatic carbocycles. The van der Waals surface area contributed by atoms with Crippen LogP contribution >= 0.6 is 0 Å². The van der Waals surface area contributed by atoms with Gasteiger partial charge in [-0.15, -0.1) is 0 Å². The molecule has 5 nitrogen and oxygen atoms in total. The number of nitrogens with one attached hydrogen (secondary N) is 1. The lowest BCUT2D eigenvalue weighted by atomic mass is 9.92. The Morgan fingerprint density at radius 1 is 1.38 bits per heavy atom. The predicted octanol–water partition coefficient (Wildman–Crippen LogP) is 0.356. The molecule has 0 aromatic rings. The highest BCUT2D eigenvalue weighted by Crippen LogP contribution is 2.36. The molecular formula is C11H21NO4. The highest BCUT2D eigenvalue weighted by atomic mass is 16.5. The van der Waals surface area contributed by atoms with Crippen LogP contribution in [0.3, 0.4) is 0 Å². The topological polar surface area (TPSA) is 78.8 Å². The van der Waals surface area contributed by atoms with E-state index in [4.69, 9.17) is 4.74 Å². The zero-order valence-corrected chi connectivity index (χ0v) is 10.0. The number of aliphatic hydroxyl groups is 2. The molecule has 0 radical (unpaired) electrons. The molecule has 1 aliphatic rings. The van der Waals surface area contributed by atoms with Crippen LogP contribution in [-0.2, 0) is 4.74 Å². The van der Waals surface area contributed by atoms with Crippen molar-refractivity contribution in [2.75, 3.05) is 13.2 Å². The molecule has 0 heterocycles. The lowest BCUT2D eigenvalue weighted by molar-refractivity contribution is 0.0583. The third-order valence-corrected chi connectivity index (χ3v) is 3.65. The lowest BCUT2D eigenvalue weighted by Gasteiger charge is -2.21. The summed E-state index contributed by atoms with van der Waals surface area (Å²) in [5.74, 6) is 0.116. The van der Waals surface area contributed by atoms with Crippen molar-refractivity contribution >= 4 is 6.09 Å². The van der Waals surface area contributed by atoms with Gasteiger partial charge in [0.15, 0.2) is 0 Å². The number of hydrogen-bond donors (Lipinski definition) is 3. The van der Waals surface area contributed by atoms with Crippen LogP contribution in [0.25, 0.3) is 0 Å². The molecule has 1 saturated carbocycles. The van der Waals surface area contributed by atoms with Gasteiger partial charge in [0.2, 0.25) is 0 Å². The highest BCUT2D eigenvalue weighted by Gasteiger charge is 2.45. The highest BCUT2D eigenvalue weighted by molar-refractivity contribution is 5.67. The van der Waals surface area contributed by atoms with Gasteiger partial charge in [-0.1, -0.05) is 13.8 Å². The predicted molar refractivity (Wildman–Crippen MR) is 58.9 cm³/mol. The van der Waals surface area contributed by atoms with E-state index in [1.807, 2.05) is 13.8 Å². The van der Waals surface area contributed by atoms with Crippen molar-refractivity contribution in [3.8, 4) is 0 Å². The molecule has 3 N–H and O–H groups in total. The van der Waals surface area contributed by atoms with Gasteiger partial charge in [-0.25, -0.2) is 4.79 Å². The van der Waals surface area contributed by atoms with Crippen LogP contribution in [0, 0.1) is 17.8 Å². The van der Waals surface area contributed by atoms with Crippen LogP contribution < -0.4 is 5.32 Å². The van der Waals surface area contributed by atoms with Gasteiger partial charge in [0.25, 0.3) is 0 Å². The Morgan fingerprint density at radius 3 is 2.44 bits per heavy atom. The third-order valence-electron chi connectivity index (χ3n) is 3.65. The summed E-state index contributed by atoms with van der Waals surface area (Å²) in [5, 5.41) is 21.8. The Hall–Kier alpha value is -0.810. The van der Waals surface area contributed by atoms with Gasteiger partial charge in [-0.05, 0) is 18.8 Å². The summed E-state index contributed by atoms with van der Waals surface area (Å²) in [6.07, 6.45) is -1.22. The minimum Gasteiger partial charge on any atom is -0.450 e. The Morgan fingerprint density at radius 2 is 2.00 bits per heavy atom. The van der Waals surface area contributed by atoms with Crippen LogP contribution in [0.15, 0.2) is 0 Å². The summed E-state index contributed by atoms with van der Waals surface area (Å²) in [4.78, 5) is 11.3. The molecule has 5 atom stereocenters. The maximum atomic E-state index is 11.3. The number of carbonyl (C=O) groups is 1. The fourth-order valence-corrected chi connectivity index (χ4v) is 2.41. The summed E-state index contributed by atoms with van der Waals surface area (Å²) >= 11 is 0. The molecule has 1 aliphatic carbocycles. The van der Waals surface area contributed by atoms with Crippen LogP contribution in [0.1, 0.15) is 20.8 Å². The lowest BCUT2D eigenvalue weighted by Crippen LogP contribution is -2.45. The summed E-state index contributed by atoms with van der Waals surface area (Å²) in [5.41, 5.74) is 0. The van der Waals surface area contributed by atoms with E-state index >= 15 is 0 Å². The molecule has 94 valence electrons. The van der Waals surface area contributed by atoms with Crippen LogP contribution in [0.2, 0.25) is 0 Å². The van der Waals surface area contributed by atoms with Gasteiger partial charge in [-0.3, -0.25) is 0 Å². The van der Waals surface area contributed by atoms with Gasteiger partial charge in [0.1, 0.15) is 0 Å². The number of ether oxygens (including phenoxy) is 1. The molecule has 5 heteroatoms. The van der Waals surface area contributed by atoms with Gasteiger partial charge in [0, 0.05) is 12.5 Å².